The van der Waals surface area contributed by atoms with Gasteiger partial charge in [-0.15, -0.1) is 11.3 Å². The standard InChI is InChI=1S/C13H22N2O2S/c1-16-7-5-12-15-13(10-3-4-10)11(18-12)9-14-6-8-17-2/h10,14H,3-9H2,1-2H3. The lowest BCUT2D eigenvalue weighted by Crippen LogP contribution is -2.18. The van der Waals surface area contributed by atoms with E-state index >= 15 is 0 Å². The Morgan fingerprint density at radius 1 is 1.28 bits per heavy atom. The molecular weight excluding hydrogens is 248 g/mol. The highest BCUT2D eigenvalue weighted by atomic mass is 32.1. The minimum atomic E-state index is 0.719. The lowest BCUT2D eigenvalue weighted by Gasteiger charge is -2.03. The third kappa shape index (κ3) is 4.02. The number of rotatable bonds is 9. The topological polar surface area (TPSA) is 43.4 Å². The van der Waals surface area contributed by atoms with Gasteiger partial charge in [-0.3, -0.25) is 0 Å². The first kappa shape index (κ1) is 13.9. The average Bonchev–Trinajstić information content (AvgIpc) is 3.14. The van der Waals surface area contributed by atoms with Crippen molar-refractivity contribution >= 4 is 11.3 Å². The zero-order valence-electron chi connectivity index (χ0n) is 11.2. The van der Waals surface area contributed by atoms with E-state index in [2.05, 4.69) is 5.32 Å². The maximum atomic E-state index is 5.12. The van der Waals surface area contributed by atoms with Crippen molar-refractivity contribution < 1.29 is 9.47 Å². The van der Waals surface area contributed by atoms with Crippen LogP contribution >= 0.6 is 11.3 Å². The molecule has 0 saturated heterocycles. The van der Waals surface area contributed by atoms with Gasteiger partial charge in [-0.25, -0.2) is 4.98 Å². The Hall–Kier alpha value is -0.490. The summed E-state index contributed by atoms with van der Waals surface area (Å²) in [6.07, 6.45) is 3.54. The van der Waals surface area contributed by atoms with Crippen LogP contribution in [0.4, 0.5) is 0 Å². The second kappa shape index (κ2) is 7.19. The number of ether oxygens (including phenoxy) is 2. The molecule has 1 saturated carbocycles. The summed E-state index contributed by atoms with van der Waals surface area (Å²) >= 11 is 1.83. The number of thiazole rings is 1. The van der Waals surface area contributed by atoms with Crippen molar-refractivity contribution in [2.75, 3.05) is 34.0 Å². The zero-order valence-corrected chi connectivity index (χ0v) is 12.0. The maximum absolute atomic E-state index is 5.12. The van der Waals surface area contributed by atoms with Gasteiger partial charge in [0.25, 0.3) is 0 Å². The molecule has 1 aliphatic rings. The highest BCUT2D eigenvalue weighted by Gasteiger charge is 2.29. The molecule has 0 unspecified atom stereocenters. The molecule has 1 fully saturated rings. The van der Waals surface area contributed by atoms with E-state index in [0.29, 0.717) is 0 Å². The number of hydrogen-bond donors (Lipinski definition) is 1. The van der Waals surface area contributed by atoms with Crippen molar-refractivity contribution in [3.8, 4) is 0 Å². The molecule has 0 aliphatic heterocycles. The minimum Gasteiger partial charge on any atom is -0.384 e. The summed E-state index contributed by atoms with van der Waals surface area (Å²) in [6.45, 7) is 3.33. The number of aromatic nitrogens is 1. The molecule has 0 spiro atoms. The van der Waals surface area contributed by atoms with E-state index < -0.39 is 0 Å². The number of methoxy groups -OCH3 is 2. The third-order valence-electron chi connectivity index (χ3n) is 3.02. The normalized spacial score (nSPS) is 15.2. The van der Waals surface area contributed by atoms with E-state index in [9.17, 15) is 0 Å². The van der Waals surface area contributed by atoms with Crippen molar-refractivity contribution in [2.45, 2.75) is 31.7 Å². The lowest BCUT2D eigenvalue weighted by atomic mass is 10.2. The monoisotopic (exact) mass is 270 g/mol. The highest BCUT2D eigenvalue weighted by molar-refractivity contribution is 7.11. The summed E-state index contributed by atoms with van der Waals surface area (Å²) in [5, 5.41) is 4.62. The second-order valence-corrected chi connectivity index (χ2v) is 5.77. The minimum absolute atomic E-state index is 0.719. The quantitative estimate of drug-likeness (QED) is 0.697. The van der Waals surface area contributed by atoms with Crippen molar-refractivity contribution in [3.05, 3.63) is 15.6 Å². The Balaban J connectivity index is 1.91. The van der Waals surface area contributed by atoms with E-state index in [4.69, 9.17) is 14.5 Å². The van der Waals surface area contributed by atoms with Crippen LogP contribution in [0.2, 0.25) is 0 Å². The van der Waals surface area contributed by atoms with Gasteiger partial charge in [0.2, 0.25) is 0 Å². The number of hydrogen-bond acceptors (Lipinski definition) is 5. The van der Waals surface area contributed by atoms with E-state index in [0.717, 1.165) is 38.6 Å². The molecule has 0 aromatic carbocycles. The Morgan fingerprint density at radius 3 is 2.72 bits per heavy atom. The Morgan fingerprint density at radius 2 is 2.06 bits per heavy atom. The molecule has 0 radical (unpaired) electrons. The first-order valence-electron chi connectivity index (χ1n) is 6.52. The van der Waals surface area contributed by atoms with E-state index in [1.165, 1.54) is 28.4 Å². The van der Waals surface area contributed by atoms with Crippen LogP contribution < -0.4 is 5.32 Å². The van der Waals surface area contributed by atoms with Crippen LogP contribution in [0, 0.1) is 0 Å². The van der Waals surface area contributed by atoms with Gasteiger partial charge < -0.3 is 14.8 Å². The predicted molar refractivity (Wildman–Crippen MR) is 73.3 cm³/mol. The highest BCUT2D eigenvalue weighted by Crippen LogP contribution is 2.42. The molecule has 5 heteroatoms. The van der Waals surface area contributed by atoms with Gasteiger partial charge in [0.1, 0.15) is 0 Å². The van der Waals surface area contributed by atoms with Crippen molar-refractivity contribution in [2.24, 2.45) is 0 Å². The molecule has 1 heterocycles. The number of nitrogens with one attached hydrogen (secondary N) is 1. The maximum Gasteiger partial charge on any atom is 0.0954 e. The van der Waals surface area contributed by atoms with E-state index in [1.54, 1.807) is 14.2 Å². The van der Waals surface area contributed by atoms with E-state index in [1.807, 2.05) is 11.3 Å². The average molecular weight is 270 g/mol. The summed E-state index contributed by atoms with van der Waals surface area (Å²) in [7, 11) is 3.47. The van der Waals surface area contributed by atoms with Crippen molar-refractivity contribution in [1.82, 2.24) is 10.3 Å². The third-order valence-corrected chi connectivity index (χ3v) is 4.16. The summed E-state index contributed by atoms with van der Waals surface area (Å²) in [6, 6.07) is 0. The van der Waals surface area contributed by atoms with Gasteiger partial charge in [-0.2, -0.15) is 0 Å². The molecule has 102 valence electrons. The van der Waals surface area contributed by atoms with Crippen molar-refractivity contribution in [3.63, 3.8) is 0 Å². The Kier molecular flexibility index (Phi) is 5.56. The van der Waals surface area contributed by atoms with Gasteiger partial charge >= 0.3 is 0 Å². The fourth-order valence-electron chi connectivity index (χ4n) is 1.89. The second-order valence-electron chi connectivity index (χ2n) is 4.60. The molecule has 1 aromatic heterocycles. The molecule has 4 nitrogen and oxygen atoms in total. The molecule has 0 bridgehead atoms. The van der Waals surface area contributed by atoms with Crippen LogP contribution in [0.1, 0.15) is 34.3 Å². The molecule has 1 aliphatic carbocycles. The molecular formula is C13H22N2O2S. The van der Waals surface area contributed by atoms with Crippen LogP contribution in [0.5, 0.6) is 0 Å². The van der Waals surface area contributed by atoms with Crippen LogP contribution in [-0.4, -0.2) is 39.0 Å². The van der Waals surface area contributed by atoms with Gasteiger partial charge in [0.05, 0.1) is 23.9 Å². The molecule has 0 atom stereocenters. The van der Waals surface area contributed by atoms with Crippen LogP contribution in [0.3, 0.4) is 0 Å². The van der Waals surface area contributed by atoms with Crippen LogP contribution in [-0.2, 0) is 22.4 Å². The molecule has 1 N–H and O–H groups in total. The first-order valence-corrected chi connectivity index (χ1v) is 7.34. The smallest absolute Gasteiger partial charge is 0.0954 e. The Bertz CT molecular complexity index is 364. The summed E-state index contributed by atoms with van der Waals surface area (Å²) in [4.78, 5) is 6.18. The first-order chi connectivity index (χ1) is 8.85. The summed E-state index contributed by atoms with van der Waals surface area (Å²) < 4.78 is 10.2. The summed E-state index contributed by atoms with van der Waals surface area (Å²) in [5.74, 6) is 0.719. The zero-order chi connectivity index (χ0) is 12.8. The predicted octanol–water partition coefficient (Wildman–Crippen LogP) is 1.95. The molecule has 1 aromatic rings. The van der Waals surface area contributed by atoms with Crippen LogP contribution in [0.25, 0.3) is 0 Å². The number of nitrogens with zero attached hydrogens (tertiary/aromatic N) is 1. The lowest BCUT2D eigenvalue weighted by molar-refractivity contribution is 0.199. The fraction of sp³-hybridized carbons (Fsp3) is 0.769. The molecule has 0 amide bonds. The van der Waals surface area contributed by atoms with Gasteiger partial charge in [-0.1, -0.05) is 0 Å². The van der Waals surface area contributed by atoms with Gasteiger partial charge in [-0.05, 0) is 12.8 Å². The van der Waals surface area contributed by atoms with Crippen molar-refractivity contribution in [1.29, 1.82) is 0 Å². The molecule has 2 rings (SSSR count). The summed E-state index contributed by atoms with van der Waals surface area (Å²) in [5.41, 5.74) is 1.33. The largest absolute Gasteiger partial charge is 0.384 e. The van der Waals surface area contributed by atoms with Gasteiger partial charge in [0.15, 0.2) is 0 Å². The molecule has 18 heavy (non-hydrogen) atoms. The SMILES string of the molecule is COCCNCc1sc(CCOC)nc1C1CC1. The van der Waals surface area contributed by atoms with Crippen LogP contribution in [0.15, 0.2) is 0 Å². The van der Waals surface area contributed by atoms with Gasteiger partial charge in [0, 0.05) is 44.5 Å². The Labute approximate surface area is 113 Å². The van der Waals surface area contributed by atoms with E-state index in [-0.39, 0.29) is 0 Å². The fourth-order valence-corrected chi connectivity index (χ4v) is 2.99.